The molecular weight excluding hydrogens is 418 g/mol. The van der Waals surface area contributed by atoms with Crippen LogP contribution in [0.15, 0.2) is 36.7 Å². The monoisotopic (exact) mass is 451 g/mol. The van der Waals surface area contributed by atoms with Gasteiger partial charge >= 0.3 is 0 Å². The predicted molar refractivity (Wildman–Crippen MR) is 132 cm³/mol. The Bertz CT molecular complexity index is 1060. The third-order valence-electron chi connectivity index (χ3n) is 6.37. The number of aryl methyl sites for hydroxylation is 2. The molecule has 1 amide bonds. The Labute approximate surface area is 194 Å². The number of thiophene rings is 1. The van der Waals surface area contributed by atoms with Crippen molar-refractivity contribution in [3.05, 3.63) is 52.7 Å². The summed E-state index contributed by atoms with van der Waals surface area (Å²) in [4.78, 5) is 29.0. The van der Waals surface area contributed by atoms with Crippen molar-refractivity contribution in [2.24, 2.45) is 5.92 Å². The number of hydrogen-bond acceptors (Lipinski definition) is 6. The molecule has 1 unspecified atom stereocenters. The summed E-state index contributed by atoms with van der Waals surface area (Å²) < 4.78 is 0. The summed E-state index contributed by atoms with van der Waals surface area (Å²) in [7, 11) is 4.11. The van der Waals surface area contributed by atoms with E-state index in [1.165, 1.54) is 21.4 Å². The second kappa shape index (κ2) is 9.96. The molecule has 0 aliphatic carbocycles. The second-order valence-electron chi connectivity index (χ2n) is 9.08. The number of hydrogen-bond donors (Lipinski definition) is 1. The molecule has 1 aromatic carbocycles. The molecule has 0 spiro atoms. The molecule has 32 heavy (non-hydrogen) atoms. The van der Waals surface area contributed by atoms with E-state index >= 15 is 0 Å². The van der Waals surface area contributed by atoms with Crippen LogP contribution < -0.4 is 10.2 Å². The van der Waals surface area contributed by atoms with Crippen LogP contribution in [0.1, 0.15) is 28.8 Å². The molecular formula is C25H33N5OS. The maximum atomic E-state index is 13.1. The van der Waals surface area contributed by atoms with Crippen molar-refractivity contribution in [2.75, 3.05) is 38.6 Å². The van der Waals surface area contributed by atoms with Crippen LogP contribution in [-0.4, -0.2) is 60.5 Å². The highest BCUT2D eigenvalue weighted by molar-refractivity contribution is 7.18. The minimum absolute atomic E-state index is 0.0503. The molecule has 0 saturated carbocycles. The lowest BCUT2D eigenvalue weighted by molar-refractivity contribution is -0.126. The van der Waals surface area contributed by atoms with Gasteiger partial charge in [0.1, 0.15) is 17.0 Å². The number of carbonyl (C=O) groups is 1. The van der Waals surface area contributed by atoms with Crippen molar-refractivity contribution in [2.45, 2.75) is 39.2 Å². The van der Waals surface area contributed by atoms with Crippen LogP contribution >= 0.6 is 11.3 Å². The number of piperidine rings is 1. The number of nitrogens with zero attached hydrogens (tertiary/aromatic N) is 4. The van der Waals surface area contributed by atoms with E-state index in [0.717, 1.165) is 49.5 Å². The van der Waals surface area contributed by atoms with Gasteiger partial charge in [0.15, 0.2) is 0 Å². The largest absolute Gasteiger partial charge is 0.356 e. The number of aromatic nitrogens is 2. The van der Waals surface area contributed by atoms with Crippen LogP contribution in [0.25, 0.3) is 10.2 Å². The zero-order chi connectivity index (χ0) is 22.7. The Hall–Kier alpha value is -2.51. The van der Waals surface area contributed by atoms with Crippen LogP contribution in [-0.2, 0) is 11.2 Å². The molecule has 3 heterocycles. The van der Waals surface area contributed by atoms with Crippen LogP contribution in [0.5, 0.6) is 0 Å². The van der Waals surface area contributed by atoms with Crippen molar-refractivity contribution in [1.29, 1.82) is 0 Å². The molecule has 1 aliphatic rings. The summed E-state index contributed by atoms with van der Waals surface area (Å²) in [6.45, 7) is 6.81. The molecule has 4 rings (SSSR count). The van der Waals surface area contributed by atoms with Crippen LogP contribution in [0.4, 0.5) is 5.82 Å². The van der Waals surface area contributed by atoms with Gasteiger partial charge in [0.25, 0.3) is 0 Å². The molecule has 3 aromatic rings. The number of rotatable bonds is 7. The number of nitrogens with one attached hydrogen (secondary N) is 1. The topological polar surface area (TPSA) is 61.4 Å². The number of anilines is 1. The molecule has 1 aliphatic heterocycles. The molecule has 1 atom stereocenters. The lowest BCUT2D eigenvalue weighted by atomic mass is 9.94. The number of likely N-dealkylation sites (N-methyl/N-ethyl adjacent to an activating group) is 1. The van der Waals surface area contributed by atoms with E-state index in [9.17, 15) is 4.79 Å². The smallest absolute Gasteiger partial charge is 0.223 e. The van der Waals surface area contributed by atoms with Crippen LogP contribution in [0, 0.1) is 19.8 Å². The minimum atomic E-state index is 0.0503. The Morgan fingerprint density at radius 2 is 1.91 bits per heavy atom. The summed E-state index contributed by atoms with van der Waals surface area (Å²) >= 11 is 1.73. The molecule has 0 bridgehead atoms. The number of amides is 1. The molecule has 7 heteroatoms. The summed E-state index contributed by atoms with van der Waals surface area (Å²) in [6, 6.07) is 10.5. The first-order valence-electron chi connectivity index (χ1n) is 11.4. The van der Waals surface area contributed by atoms with Gasteiger partial charge in [-0.15, -0.1) is 11.3 Å². The SMILES string of the molecule is Cc1sc2ncnc(N3CCC(C(=O)NC(Cc4ccccc4)CN(C)C)CC3)c2c1C. The first-order chi connectivity index (χ1) is 15.4. The molecule has 1 saturated heterocycles. The fourth-order valence-electron chi connectivity index (χ4n) is 4.58. The van der Waals surface area contributed by atoms with Gasteiger partial charge in [-0.2, -0.15) is 0 Å². The fraction of sp³-hybridized carbons (Fsp3) is 0.480. The van der Waals surface area contributed by atoms with Crippen molar-refractivity contribution >= 4 is 33.3 Å². The lowest BCUT2D eigenvalue weighted by Gasteiger charge is -2.33. The minimum Gasteiger partial charge on any atom is -0.356 e. The fourth-order valence-corrected chi connectivity index (χ4v) is 5.57. The lowest BCUT2D eigenvalue weighted by Crippen LogP contribution is -2.48. The standard InChI is InChI=1S/C25H33N5OS/c1-17-18(2)32-25-22(17)23(26-16-27-25)30-12-10-20(11-13-30)24(31)28-21(15-29(3)4)14-19-8-6-5-7-9-19/h5-9,16,20-21H,10-15H2,1-4H3,(H,28,31). The molecule has 6 nitrogen and oxygen atoms in total. The maximum absolute atomic E-state index is 13.1. The third kappa shape index (κ3) is 5.10. The quantitative estimate of drug-likeness (QED) is 0.592. The third-order valence-corrected chi connectivity index (χ3v) is 7.48. The van der Waals surface area contributed by atoms with Gasteiger partial charge in [-0.1, -0.05) is 30.3 Å². The van der Waals surface area contributed by atoms with Gasteiger partial charge in [-0.3, -0.25) is 4.79 Å². The molecule has 2 aromatic heterocycles. The maximum Gasteiger partial charge on any atom is 0.223 e. The Morgan fingerprint density at radius 1 is 1.19 bits per heavy atom. The highest BCUT2D eigenvalue weighted by Crippen LogP contribution is 2.35. The summed E-state index contributed by atoms with van der Waals surface area (Å²) in [5.74, 6) is 1.25. The van der Waals surface area contributed by atoms with Crippen molar-refractivity contribution < 1.29 is 4.79 Å². The van der Waals surface area contributed by atoms with E-state index in [4.69, 9.17) is 0 Å². The molecule has 1 N–H and O–H groups in total. The van der Waals surface area contributed by atoms with Gasteiger partial charge in [0, 0.05) is 36.5 Å². The number of carbonyl (C=O) groups excluding carboxylic acids is 1. The van der Waals surface area contributed by atoms with Gasteiger partial charge in [0.2, 0.25) is 5.91 Å². The van der Waals surface area contributed by atoms with Crippen molar-refractivity contribution in [3.8, 4) is 0 Å². The first-order valence-corrected chi connectivity index (χ1v) is 12.2. The van der Waals surface area contributed by atoms with Gasteiger partial charge in [-0.25, -0.2) is 9.97 Å². The van der Waals surface area contributed by atoms with Gasteiger partial charge < -0.3 is 15.1 Å². The average Bonchev–Trinajstić information content (AvgIpc) is 3.08. The summed E-state index contributed by atoms with van der Waals surface area (Å²) in [6.07, 6.45) is 4.21. The van der Waals surface area contributed by atoms with Crippen LogP contribution in [0.2, 0.25) is 0 Å². The van der Waals surface area contributed by atoms with Crippen LogP contribution in [0.3, 0.4) is 0 Å². The van der Waals surface area contributed by atoms with Crippen molar-refractivity contribution in [3.63, 3.8) is 0 Å². The molecule has 1 fully saturated rings. The van der Waals surface area contributed by atoms with E-state index in [1.807, 2.05) is 6.07 Å². The van der Waals surface area contributed by atoms with Gasteiger partial charge in [-0.05, 0) is 58.3 Å². The van der Waals surface area contributed by atoms with E-state index in [0.29, 0.717) is 0 Å². The Morgan fingerprint density at radius 3 is 2.59 bits per heavy atom. The normalized spacial score (nSPS) is 16.0. The van der Waals surface area contributed by atoms with Gasteiger partial charge in [0.05, 0.1) is 5.39 Å². The van der Waals surface area contributed by atoms with Crippen molar-refractivity contribution in [1.82, 2.24) is 20.2 Å². The van der Waals surface area contributed by atoms with E-state index in [-0.39, 0.29) is 17.9 Å². The average molecular weight is 452 g/mol. The summed E-state index contributed by atoms with van der Waals surface area (Å²) in [5.41, 5.74) is 2.52. The number of fused-ring (bicyclic) bond motifs is 1. The zero-order valence-corrected chi connectivity index (χ0v) is 20.3. The zero-order valence-electron chi connectivity index (χ0n) is 19.5. The molecule has 0 radical (unpaired) electrons. The van der Waals surface area contributed by atoms with E-state index in [1.54, 1.807) is 17.7 Å². The highest BCUT2D eigenvalue weighted by Gasteiger charge is 2.28. The molecule has 170 valence electrons. The predicted octanol–water partition coefficient (Wildman–Crippen LogP) is 3.81. The number of benzene rings is 1. The Balaban J connectivity index is 1.39. The first kappa shape index (κ1) is 22.7. The highest BCUT2D eigenvalue weighted by atomic mass is 32.1. The summed E-state index contributed by atoms with van der Waals surface area (Å²) in [5, 5.41) is 4.51. The van der Waals surface area contributed by atoms with E-state index < -0.39 is 0 Å². The van der Waals surface area contributed by atoms with E-state index in [2.05, 4.69) is 77.3 Å². The Kier molecular flexibility index (Phi) is 7.06. The second-order valence-corrected chi connectivity index (χ2v) is 10.3.